The molecule has 5 aromatic rings. The number of H-pyrrole nitrogens is 1. The van der Waals surface area contributed by atoms with Gasteiger partial charge >= 0.3 is 0 Å². The Morgan fingerprint density at radius 2 is 1.65 bits per heavy atom. The first-order chi connectivity index (χ1) is 20.9. The summed E-state index contributed by atoms with van der Waals surface area (Å²) in [6.45, 7) is 1.93. The Labute approximate surface area is 248 Å². The Bertz CT molecular complexity index is 1860. The molecule has 0 aliphatic carbocycles. The van der Waals surface area contributed by atoms with E-state index in [0.29, 0.717) is 24.1 Å². The molecule has 6 rings (SSSR count). The highest BCUT2D eigenvalue weighted by Gasteiger charge is 2.42. The zero-order valence-electron chi connectivity index (χ0n) is 23.8. The van der Waals surface area contributed by atoms with Crippen molar-refractivity contribution in [2.45, 2.75) is 44.1 Å². The summed E-state index contributed by atoms with van der Waals surface area (Å²) in [6.07, 6.45) is 3.41. The second-order valence-electron chi connectivity index (χ2n) is 11.0. The predicted octanol–water partition coefficient (Wildman–Crippen LogP) is 5.39. The molecule has 0 radical (unpaired) electrons. The average Bonchev–Trinajstić information content (AvgIpc) is 3.44. The first-order valence-corrected chi connectivity index (χ1v) is 14.5. The molecule has 2 heterocycles. The lowest BCUT2D eigenvalue weighted by molar-refractivity contribution is -0.138. The zero-order valence-corrected chi connectivity index (χ0v) is 23.8. The quantitative estimate of drug-likeness (QED) is 0.187. The van der Waals surface area contributed by atoms with E-state index >= 15 is 0 Å². The average molecular weight is 573 g/mol. The van der Waals surface area contributed by atoms with Crippen LogP contribution in [0.15, 0.2) is 97.2 Å². The summed E-state index contributed by atoms with van der Waals surface area (Å²) < 4.78 is 0. The number of piperidine rings is 1. The monoisotopic (exact) mass is 572 g/mol. The Hall–Kier alpha value is -5.24. The maximum Gasteiger partial charge on any atom is 0.251 e. The normalized spacial score (nSPS) is 17.4. The third-order valence-corrected chi connectivity index (χ3v) is 8.51. The van der Waals surface area contributed by atoms with Gasteiger partial charge in [0.25, 0.3) is 5.91 Å². The van der Waals surface area contributed by atoms with E-state index < -0.39 is 11.5 Å². The maximum atomic E-state index is 13.7. The molecule has 1 aliphatic heterocycles. The molecule has 2 unspecified atom stereocenters. The van der Waals surface area contributed by atoms with Crippen LogP contribution in [0.2, 0.25) is 0 Å². The van der Waals surface area contributed by atoms with Crippen LogP contribution in [0.4, 0.5) is 5.69 Å². The summed E-state index contributed by atoms with van der Waals surface area (Å²) in [4.78, 5) is 54.9. The smallest absolute Gasteiger partial charge is 0.251 e. The van der Waals surface area contributed by atoms with Crippen molar-refractivity contribution < 1.29 is 19.2 Å². The molecule has 2 atom stereocenters. The molecule has 8 heteroatoms. The maximum absolute atomic E-state index is 13.7. The molecule has 4 aromatic carbocycles. The van der Waals surface area contributed by atoms with Crippen LogP contribution in [-0.2, 0) is 26.2 Å². The minimum atomic E-state index is -0.866. The van der Waals surface area contributed by atoms with Crippen molar-refractivity contribution in [2.24, 2.45) is 0 Å². The molecule has 1 fully saturated rings. The van der Waals surface area contributed by atoms with Gasteiger partial charge in [-0.15, -0.1) is 0 Å². The second kappa shape index (κ2) is 11.6. The van der Waals surface area contributed by atoms with E-state index in [1.54, 1.807) is 18.2 Å². The summed E-state index contributed by atoms with van der Waals surface area (Å²) in [5, 5.41) is 11.3. The molecule has 216 valence electrons. The lowest BCUT2D eigenvalue weighted by atomic mass is 9.72. The van der Waals surface area contributed by atoms with E-state index in [1.165, 1.54) is 0 Å². The molecule has 43 heavy (non-hydrogen) atoms. The van der Waals surface area contributed by atoms with Crippen LogP contribution in [0.1, 0.15) is 47.7 Å². The number of anilines is 1. The highest BCUT2D eigenvalue weighted by molar-refractivity contribution is 6.04. The Morgan fingerprint density at radius 1 is 0.907 bits per heavy atom. The molecule has 0 bridgehead atoms. The predicted molar refractivity (Wildman–Crippen MR) is 167 cm³/mol. The van der Waals surface area contributed by atoms with Crippen LogP contribution in [0.25, 0.3) is 21.7 Å². The lowest BCUT2D eigenvalue weighted by Gasteiger charge is -2.35. The minimum Gasteiger partial charge on any atom is -0.361 e. The Balaban J connectivity index is 1.25. The third kappa shape index (κ3) is 5.51. The van der Waals surface area contributed by atoms with E-state index in [4.69, 9.17) is 0 Å². The number of imide groups is 1. The number of fused-ring (bicyclic) bond motifs is 2. The first kappa shape index (κ1) is 27.9. The van der Waals surface area contributed by atoms with E-state index in [1.807, 2.05) is 85.9 Å². The molecular formula is C35H32N4O4. The van der Waals surface area contributed by atoms with Gasteiger partial charge in [0.1, 0.15) is 6.04 Å². The van der Waals surface area contributed by atoms with Gasteiger partial charge in [0, 0.05) is 41.2 Å². The van der Waals surface area contributed by atoms with Gasteiger partial charge in [-0.05, 0) is 65.1 Å². The van der Waals surface area contributed by atoms with Gasteiger partial charge in [-0.1, -0.05) is 67.6 Å². The van der Waals surface area contributed by atoms with Gasteiger partial charge < -0.3 is 15.6 Å². The van der Waals surface area contributed by atoms with Crippen molar-refractivity contribution in [2.75, 3.05) is 5.32 Å². The molecule has 0 spiro atoms. The summed E-state index contributed by atoms with van der Waals surface area (Å²) in [7, 11) is 0. The van der Waals surface area contributed by atoms with Gasteiger partial charge in [0.05, 0.1) is 5.41 Å². The molecule has 4 N–H and O–H groups in total. The fourth-order valence-corrected chi connectivity index (χ4v) is 5.97. The summed E-state index contributed by atoms with van der Waals surface area (Å²) in [6, 6.07) is 27.4. The number of carbonyl (C=O) groups is 4. The minimum absolute atomic E-state index is 0.259. The number of amides is 4. The molecule has 4 amide bonds. The summed E-state index contributed by atoms with van der Waals surface area (Å²) >= 11 is 0. The van der Waals surface area contributed by atoms with Crippen molar-refractivity contribution in [3.05, 3.63) is 114 Å². The Morgan fingerprint density at radius 3 is 2.42 bits per heavy atom. The van der Waals surface area contributed by atoms with E-state index in [-0.39, 0.29) is 36.5 Å². The number of nitrogens with one attached hydrogen (secondary N) is 4. The molecular weight excluding hydrogens is 540 g/mol. The van der Waals surface area contributed by atoms with Gasteiger partial charge in [-0.25, -0.2) is 0 Å². The van der Waals surface area contributed by atoms with Crippen LogP contribution < -0.4 is 16.0 Å². The van der Waals surface area contributed by atoms with Crippen LogP contribution in [0, 0.1) is 0 Å². The number of hydrogen-bond acceptors (Lipinski definition) is 4. The van der Waals surface area contributed by atoms with Crippen molar-refractivity contribution in [1.29, 1.82) is 0 Å². The number of benzene rings is 4. The third-order valence-electron chi connectivity index (χ3n) is 8.51. The van der Waals surface area contributed by atoms with E-state index in [9.17, 15) is 19.2 Å². The number of rotatable bonds is 8. The molecule has 1 aliphatic rings. The van der Waals surface area contributed by atoms with Crippen LogP contribution in [-0.4, -0.2) is 34.7 Å². The van der Waals surface area contributed by atoms with Crippen molar-refractivity contribution in [3.8, 4) is 0 Å². The van der Waals surface area contributed by atoms with Gasteiger partial charge in [-0.2, -0.15) is 0 Å². The fraction of sp³-hybridized carbons (Fsp3) is 0.200. The Kier molecular flexibility index (Phi) is 7.50. The summed E-state index contributed by atoms with van der Waals surface area (Å²) in [5.41, 5.74) is 2.87. The van der Waals surface area contributed by atoms with E-state index in [0.717, 1.165) is 32.8 Å². The molecule has 0 saturated carbocycles. The number of aromatic amines is 1. The van der Waals surface area contributed by atoms with E-state index in [2.05, 4.69) is 20.9 Å². The topological polar surface area (TPSA) is 120 Å². The van der Waals surface area contributed by atoms with Crippen LogP contribution in [0.3, 0.4) is 0 Å². The largest absolute Gasteiger partial charge is 0.361 e. The highest BCUT2D eigenvalue weighted by Crippen LogP contribution is 2.36. The summed E-state index contributed by atoms with van der Waals surface area (Å²) in [5.74, 6) is -1.26. The lowest BCUT2D eigenvalue weighted by Crippen LogP contribution is -2.51. The first-order valence-electron chi connectivity index (χ1n) is 14.5. The zero-order chi connectivity index (χ0) is 30.0. The van der Waals surface area contributed by atoms with Crippen molar-refractivity contribution in [3.63, 3.8) is 0 Å². The number of aromatic nitrogens is 1. The van der Waals surface area contributed by atoms with Crippen molar-refractivity contribution >= 4 is 51.0 Å². The van der Waals surface area contributed by atoms with Crippen LogP contribution >= 0.6 is 0 Å². The number of para-hydroxylation sites is 1. The molecule has 1 saturated heterocycles. The molecule has 8 nitrogen and oxygen atoms in total. The highest BCUT2D eigenvalue weighted by atomic mass is 16.2. The van der Waals surface area contributed by atoms with Crippen molar-refractivity contribution in [1.82, 2.24) is 15.6 Å². The second-order valence-corrected chi connectivity index (χ2v) is 11.0. The van der Waals surface area contributed by atoms with Gasteiger partial charge in [-0.3, -0.25) is 24.5 Å². The number of hydrogen-bond donors (Lipinski definition) is 4. The fourth-order valence-electron chi connectivity index (χ4n) is 5.97. The number of carbonyl (C=O) groups excluding carboxylic acids is 4. The SMILES string of the molecule is CCC1(c2ccc(NC(=O)C(Cc3c[nH]c4ccccc34)NC(=O)c3ccc4ccccc4c3)cc2)CCC(=O)NC1=O. The molecule has 1 aromatic heterocycles. The van der Waals surface area contributed by atoms with Gasteiger partial charge in [0.2, 0.25) is 17.7 Å². The standard InChI is InChI=1S/C35H32N4O4/c1-2-35(18-17-31(40)39-34(35)43)26-13-15-27(16-14-26)37-33(42)30(20-25-21-36-29-10-6-5-9-28(25)29)38-32(41)24-12-11-22-7-3-4-8-23(22)19-24/h3-16,19,21,30,36H,2,17-18,20H2,1H3,(H,37,42)(H,38,41)(H,39,40,43). The van der Waals surface area contributed by atoms with Crippen LogP contribution in [0.5, 0.6) is 0 Å². The van der Waals surface area contributed by atoms with Gasteiger partial charge in [0.15, 0.2) is 0 Å².